The molecular formula is C14H22N2O3. The van der Waals surface area contributed by atoms with Crippen LogP contribution in [0.2, 0.25) is 0 Å². The van der Waals surface area contributed by atoms with Gasteiger partial charge in [0.15, 0.2) is 0 Å². The van der Waals surface area contributed by atoms with Crippen LogP contribution in [0.3, 0.4) is 0 Å². The van der Waals surface area contributed by atoms with E-state index in [0.717, 1.165) is 5.56 Å². The van der Waals surface area contributed by atoms with Crippen molar-refractivity contribution in [3.63, 3.8) is 0 Å². The number of rotatable bonds is 5. The minimum Gasteiger partial charge on any atom is -0.443 e. The predicted molar refractivity (Wildman–Crippen MR) is 73.3 cm³/mol. The van der Waals surface area contributed by atoms with Gasteiger partial charge in [-0.05, 0) is 26.3 Å². The number of hydrazine groups is 1. The summed E-state index contributed by atoms with van der Waals surface area (Å²) in [6, 6.07) is 9.71. The summed E-state index contributed by atoms with van der Waals surface area (Å²) < 4.78 is 5.18. The maximum atomic E-state index is 11.7. The molecule has 0 aliphatic rings. The third-order valence-electron chi connectivity index (χ3n) is 2.23. The topological polar surface area (TPSA) is 61.8 Å². The van der Waals surface area contributed by atoms with Crippen LogP contribution in [0, 0.1) is 0 Å². The molecular weight excluding hydrogens is 244 g/mol. The summed E-state index contributed by atoms with van der Waals surface area (Å²) in [7, 11) is 0. The van der Waals surface area contributed by atoms with Gasteiger partial charge in [0, 0.05) is 13.1 Å². The van der Waals surface area contributed by atoms with Gasteiger partial charge >= 0.3 is 6.09 Å². The summed E-state index contributed by atoms with van der Waals surface area (Å²) in [5, 5.41) is 10.7. The Hall–Kier alpha value is -1.59. The van der Waals surface area contributed by atoms with E-state index in [2.05, 4.69) is 5.43 Å². The van der Waals surface area contributed by atoms with E-state index in [1.807, 2.05) is 30.3 Å². The molecule has 0 aromatic heterocycles. The van der Waals surface area contributed by atoms with Gasteiger partial charge in [0.2, 0.25) is 0 Å². The van der Waals surface area contributed by atoms with Crippen LogP contribution in [0.25, 0.3) is 0 Å². The fourth-order valence-corrected chi connectivity index (χ4v) is 1.53. The number of carbonyl (C=O) groups excluding carboxylic acids is 1. The highest BCUT2D eigenvalue weighted by Gasteiger charge is 2.18. The highest BCUT2D eigenvalue weighted by molar-refractivity contribution is 5.67. The molecule has 0 bridgehead atoms. The van der Waals surface area contributed by atoms with Gasteiger partial charge in [0.05, 0.1) is 6.61 Å². The second kappa shape index (κ2) is 7.11. The van der Waals surface area contributed by atoms with Crippen molar-refractivity contribution >= 4 is 6.09 Å². The molecule has 1 amide bonds. The Labute approximate surface area is 114 Å². The van der Waals surface area contributed by atoms with E-state index in [1.165, 1.54) is 0 Å². The number of hydrogen-bond donors (Lipinski definition) is 2. The Bertz CT molecular complexity index is 387. The first-order valence-corrected chi connectivity index (χ1v) is 6.30. The number of carbonyl (C=O) groups is 1. The lowest BCUT2D eigenvalue weighted by atomic mass is 10.2. The first-order valence-electron chi connectivity index (χ1n) is 6.30. The number of hydrogen-bond acceptors (Lipinski definition) is 4. The Morgan fingerprint density at radius 1 is 1.32 bits per heavy atom. The van der Waals surface area contributed by atoms with Crippen LogP contribution in [0.4, 0.5) is 4.79 Å². The average molecular weight is 266 g/mol. The van der Waals surface area contributed by atoms with Gasteiger partial charge in [-0.15, -0.1) is 0 Å². The fraction of sp³-hybridized carbons (Fsp3) is 0.500. The maximum Gasteiger partial charge on any atom is 0.422 e. The summed E-state index contributed by atoms with van der Waals surface area (Å²) >= 11 is 0. The van der Waals surface area contributed by atoms with E-state index < -0.39 is 11.7 Å². The summed E-state index contributed by atoms with van der Waals surface area (Å²) in [6.45, 7) is 6.23. The van der Waals surface area contributed by atoms with Crippen molar-refractivity contribution in [2.45, 2.75) is 32.9 Å². The molecule has 1 rings (SSSR count). The van der Waals surface area contributed by atoms with Crippen molar-refractivity contribution < 1.29 is 14.6 Å². The highest BCUT2D eigenvalue weighted by atomic mass is 16.6. The molecule has 0 aliphatic heterocycles. The van der Waals surface area contributed by atoms with E-state index in [-0.39, 0.29) is 6.61 Å². The lowest BCUT2D eigenvalue weighted by Gasteiger charge is -2.25. The zero-order valence-electron chi connectivity index (χ0n) is 11.7. The summed E-state index contributed by atoms with van der Waals surface area (Å²) in [5.74, 6) is 0. The van der Waals surface area contributed by atoms with Gasteiger partial charge < -0.3 is 9.84 Å². The van der Waals surface area contributed by atoms with Gasteiger partial charge in [-0.1, -0.05) is 30.3 Å². The number of aliphatic hydroxyl groups excluding tert-OH is 1. The quantitative estimate of drug-likeness (QED) is 0.799. The predicted octanol–water partition coefficient (Wildman–Crippen LogP) is 1.92. The Balaban J connectivity index is 2.55. The van der Waals surface area contributed by atoms with Crippen LogP contribution in [-0.2, 0) is 11.3 Å². The van der Waals surface area contributed by atoms with E-state index >= 15 is 0 Å². The minimum absolute atomic E-state index is 0.0391. The molecule has 0 unspecified atom stereocenters. The second-order valence-electron chi connectivity index (χ2n) is 5.24. The number of nitrogens with zero attached hydrogens (tertiary/aromatic N) is 1. The molecule has 0 heterocycles. The Morgan fingerprint density at radius 3 is 2.47 bits per heavy atom. The smallest absolute Gasteiger partial charge is 0.422 e. The van der Waals surface area contributed by atoms with Gasteiger partial charge in [0.1, 0.15) is 5.60 Å². The third kappa shape index (κ3) is 6.79. The van der Waals surface area contributed by atoms with Crippen LogP contribution in [0.15, 0.2) is 30.3 Å². The Morgan fingerprint density at radius 2 is 1.95 bits per heavy atom. The van der Waals surface area contributed by atoms with Crippen LogP contribution in [0.5, 0.6) is 0 Å². The van der Waals surface area contributed by atoms with Gasteiger partial charge in [-0.2, -0.15) is 0 Å². The van der Waals surface area contributed by atoms with Crippen molar-refractivity contribution in [1.82, 2.24) is 10.4 Å². The second-order valence-corrected chi connectivity index (χ2v) is 5.24. The van der Waals surface area contributed by atoms with E-state index in [1.54, 1.807) is 25.8 Å². The molecule has 5 nitrogen and oxygen atoms in total. The number of nitrogens with one attached hydrogen (secondary N) is 1. The van der Waals surface area contributed by atoms with Crippen molar-refractivity contribution in [3.8, 4) is 0 Å². The lowest BCUT2D eigenvalue weighted by Crippen LogP contribution is -2.45. The lowest BCUT2D eigenvalue weighted by molar-refractivity contribution is 0.0287. The molecule has 0 spiro atoms. The standard InChI is InChI=1S/C14H22N2O3/c1-14(2,3)19-13(18)15-16(9-10-17)11-12-7-5-4-6-8-12/h4-8,17H,9-11H2,1-3H3,(H,15,18). The van der Waals surface area contributed by atoms with Crippen molar-refractivity contribution in [1.29, 1.82) is 0 Å². The molecule has 1 aromatic carbocycles. The largest absolute Gasteiger partial charge is 0.443 e. The van der Waals surface area contributed by atoms with Crippen molar-refractivity contribution in [3.05, 3.63) is 35.9 Å². The molecule has 0 saturated carbocycles. The summed E-state index contributed by atoms with van der Waals surface area (Å²) in [5.41, 5.74) is 3.14. The van der Waals surface area contributed by atoms with Crippen LogP contribution in [0.1, 0.15) is 26.3 Å². The molecule has 0 atom stereocenters. The van der Waals surface area contributed by atoms with Crippen LogP contribution < -0.4 is 5.43 Å². The molecule has 0 aliphatic carbocycles. The van der Waals surface area contributed by atoms with Gasteiger partial charge in [-0.25, -0.2) is 9.80 Å². The number of ether oxygens (including phenoxy) is 1. The highest BCUT2D eigenvalue weighted by Crippen LogP contribution is 2.07. The zero-order valence-corrected chi connectivity index (χ0v) is 11.7. The SMILES string of the molecule is CC(C)(C)OC(=O)NN(CCO)Cc1ccccc1. The molecule has 5 heteroatoms. The normalized spacial score (nSPS) is 11.4. The minimum atomic E-state index is -0.540. The monoisotopic (exact) mass is 266 g/mol. The Kier molecular flexibility index (Phi) is 5.79. The van der Waals surface area contributed by atoms with Crippen molar-refractivity contribution in [2.75, 3.05) is 13.2 Å². The summed E-state index contributed by atoms with van der Waals surface area (Å²) in [4.78, 5) is 11.7. The van der Waals surface area contributed by atoms with E-state index in [0.29, 0.717) is 13.1 Å². The molecule has 0 radical (unpaired) electrons. The molecule has 106 valence electrons. The molecule has 19 heavy (non-hydrogen) atoms. The van der Waals surface area contributed by atoms with E-state index in [9.17, 15) is 4.79 Å². The number of aliphatic hydroxyl groups is 1. The molecule has 0 saturated heterocycles. The average Bonchev–Trinajstić information content (AvgIpc) is 2.27. The molecule has 0 fully saturated rings. The fourth-order valence-electron chi connectivity index (χ4n) is 1.53. The third-order valence-corrected chi connectivity index (χ3v) is 2.23. The maximum absolute atomic E-state index is 11.7. The van der Waals surface area contributed by atoms with Crippen molar-refractivity contribution in [2.24, 2.45) is 0 Å². The zero-order chi connectivity index (χ0) is 14.3. The van der Waals surface area contributed by atoms with Gasteiger partial charge in [0.25, 0.3) is 0 Å². The number of amides is 1. The van der Waals surface area contributed by atoms with Crippen LogP contribution in [-0.4, -0.2) is 35.0 Å². The van der Waals surface area contributed by atoms with Crippen LogP contribution >= 0.6 is 0 Å². The van der Waals surface area contributed by atoms with Gasteiger partial charge in [-0.3, -0.25) is 5.43 Å². The first kappa shape index (κ1) is 15.5. The van der Waals surface area contributed by atoms with E-state index in [4.69, 9.17) is 9.84 Å². The summed E-state index contributed by atoms with van der Waals surface area (Å²) in [6.07, 6.45) is -0.517. The number of benzene rings is 1. The first-order chi connectivity index (χ1) is 8.90. The molecule has 2 N–H and O–H groups in total. The molecule has 1 aromatic rings.